The summed E-state index contributed by atoms with van der Waals surface area (Å²) in [6.45, 7) is 7.73. The summed E-state index contributed by atoms with van der Waals surface area (Å²) in [6, 6.07) is 11.1. The van der Waals surface area contributed by atoms with Crippen LogP contribution in [-0.4, -0.2) is 67.2 Å². The zero-order valence-electron chi connectivity index (χ0n) is 16.3. The summed E-state index contributed by atoms with van der Waals surface area (Å²) in [4.78, 5) is 16.8. The first-order valence-electron chi connectivity index (χ1n) is 9.84. The molecule has 26 heavy (non-hydrogen) atoms. The highest BCUT2D eigenvalue weighted by molar-refractivity contribution is 5.76. The highest BCUT2D eigenvalue weighted by Crippen LogP contribution is 2.36. The van der Waals surface area contributed by atoms with Crippen molar-refractivity contribution in [1.82, 2.24) is 9.80 Å². The Kier molecular flexibility index (Phi) is 6.54. The van der Waals surface area contributed by atoms with Crippen LogP contribution in [0.2, 0.25) is 0 Å². The third kappa shape index (κ3) is 4.38. The number of hydrogen-bond donors (Lipinski definition) is 0. The van der Waals surface area contributed by atoms with Crippen molar-refractivity contribution in [3.05, 3.63) is 30.3 Å². The lowest BCUT2D eigenvalue weighted by Crippen LogP contribution is -2.68. The average Bonchev–Trinajstić information content (AvgIpc) is 2.64. The second kappa shape index (κ2) is 8.87. The number of likely N-dealkylation sites (tertiary alicyclic amines) is 2. The van der Waals surface area contributed by atoms with E-state index in [9.17, 15) is 4.79 Å². The molecule has 0 unspecified atom stereocenters. The minimum absolute atomic E-state index is 0.219. The summed E-state index contributed by atoms with van der Waals surface area (Å²) in [6.07, 6.45) is 2.85. The van der Waals surface area contributed by atoms with Gasteiger partial charge in [-0.15, -0.1) is 0 Å². The van der Waals surface area contributed by atoms with Crippen molar-refractivity contribution < 1.29 is 14.3 Å². The molecule has 3 rings (SSSR count). The molecule has 5 heteroatoms. The Balaban J connectivity index is 1.57. The van der Waals surface area contributed by atoms with Gasteiger partial charge in [-0.2, -0.15) is 0 Å². The van der Waals surface area contributed by atoms with E-state index in [0.29, 0.717) is 31.0 Å². The number of methoxy groups -OCH3 is 1. The van der Waals surface area contributed by atoms with E-state index < -0.39 is 0 Å². The van der Waals surface area contributed by atoms with Gasteiger partial charge in [0.15, 0.2) is 0 Å². The van der Waals surface area contributed by atoms with Gasteiger partial charge in [-0.05, 0) is 44.7 Å². The minimum Gasteiger partial charge on any atom is -0.487 e. The molecule has 2 aliphatic heterocycles. The number of ether oxygens (including phenoxy) is 2. The molecule has 2 saturated heterocycles. The maximum absolute atomic E-state index is 12.2. The number of hydrogen-bond acceptors (Lipinski definition) is 4. The van der Waals surface area contributed by atoms with Crippen LogP contribution in [0.5, 0.6) is 5.75 Å². The van der Waals surface area contributed by atoms with Gasteiger partial charge < -0.3 is 14.4 Å². The number of piperidine rings is 1. The van der Waals surface area contributed by atoms with Crippen molar-refractivity contribution in [3.8, 4) is 5.75 Å². The van der Waals surface area contributed by atoms with E-state index >= 15 is 0 Å². The van der Waals surface area contributed by atoms with Gasteiger partial charge in [0.1, 0.15) is 11.9 Å². The molecule has 0 aliphatic carbocycles. The monoisotopic (exact) mass is 360 g/mol. The molecular weight excluding hydrogens is 328 g/mol. The Bertz CT molecular complexity index is 570. The smallest absolute Gasteiger partial charge is 0.224 e. The topological polar surface area (TPSA) is 42.0 Å². The lowest BCUT2D eigenvalue weighted by Gasteiger charge is -2.54. The number of benzene rings is 1. The van der Waals surface area contributed by atoms with E-state index in [1.54, 1.807) is 7.11 Å². The Labute approximate surface area is 157 Å². The van der Waals surface area contributed by atoms with Crippen LogP contribution in [0.3, 0.4) is 0 Å². The maximum atomic E-state index is 12.2. The normalized spacial score (nSPS) is 24.5. The van der Waals surface area contributed by atoms with E-state index in [0.717, 1.165) is 38.2 Å². The van der Waals surface area contributed by atoms with Gasteiger partial charge >= 0.3 is 0 Å². The van der Waals surface area contributed by atoms with Crippen molar-refractivity contribution in [2.45, 2.75) is 51.3 Å². The van der Waals surface area contributed by atoms with Crippen LogP contribution in [0.25, 0.3) is 0 Å². The van der Waals surface area contributed by atoms with Crippen LogP contribution in [0.4, 0.5) is 0 Å². The van der Waals surface area contributed by atoms with Crippen LogP contribution < -0.4 is 4.74 Å². The molecular formula is C21H32N2O3. The van der Waals surface area contributed by atoms with E-state index in [-0.39, 0.29) is 12.0 Å². The first-order valence-corrected chi connectivity index (χ1v) is 9.84. The van der Waals surface area contributed by atoms with E-state index in [2.05, 4.69) is 18.7 Å². The van der Waals surface area contributed by atoms with Gasteiger partial charge in [0.25, 0.3) is 0 Å². The quantitative estimate of drug-likeness (QED) is 0.750. The van der Waals surface area contributed by atoms with Gasteiger partial charge in [0.05, 0.1) is 19.1 Å². The summed E-state index contributed by atoms with van der Waals surface area (Å²) in [5, 5.41) is 0. The molecule has 1 aromatic carbocycles. The minimum atomic E-state index is 0.219. The predicted molar refractivity (Wildman–Crippen MR) is 102 cm³/mol. The second-order valence-corrected chi connectivity index (χ2v) is 7.71. The number of carbonyl (C=O) groups excluding carboxylic acids is 1. The van der Waals surface area contributed by atoms with Crippen LogP contribution in [-0.2, 0) is 9.53 Å². The van der Waals surface area contributed by atoms with E-state index in [4.69, 9.17) is 9.47 Å². The lowest BCUT2D eigenvalue weighted by atomic mass is 9.79. The molecule has 1 aromatic rings. The Morgan fingerprint density at radius 3 is 2.50 bits per heavy atom. The summed E-state index contributed by atoms with van der Waals surface area (Å²) in [5.41, 5.74) is 0. The van der Waals surface area contributed by atoms with Crippen molar-refractivity contribution in [3.63, 3.8) is 0 Å². The van der Waals surface area contributed by atoms with Crippen molar-refractivity contribution in [2.75, 3.05) is 33.4 Å². The summed E-state index contributed by atoms with van der Waals surface area (Å²) in [5.74, 6) is 1.76. The van der Waals surface area contributed by atoms with Crippen molar-refractivity contribution >= 4 is 5.91 Å². The molecule has 0 aromatic heterocycles. The first-order chi connectivity index (χ1) is 12.6. The van der Waals surface area contributed by atoms with E-state index in [1.807, 2.05) is 35.2 Å². The van der Waals surface area contributed by atoms with Gasteiger partial charge in [0, 0.05) is 32.8 Å². The molecule has 5 nitrogen and oxygen atoms in total. The fourth-order valence-electron chi connectivity index (χ4n) is 4.26. The fraction of sp³-hybridized carbons (Fsp3) is 0.667. The predicted octanol–water partition coefficient (Wildman–Crippen LogP) is 2.80. The van der Waals surface area contributed by atoms with E-state index in [1.165, 1.54) is 0 Å². The highest BCUT2D eigenvalue weighted by atomic mass is 16.5. The molecule has 0 saturated carbocycles. The Morgan fingerprint density at radius 2 is 1.88 bits per heavy atom. The molecule has 0 bridgehead atoms. The van der Waals surface area contributed by atoms with Crippen LogP contribution in [0.1, 0.15) is 33.1 Å². The Hall–Kier alpha value is -1.59. The van der Waals surface area contributed by atoms with Gasteiger partial charge in [-0.1, -0.05) is 18.2 Å². The molecule has 0 spiro atoms. The second-order valence-electron chi connectivity index (χ2n) is 7.71. The number of rotatable bonds is 7. The van der Waals surface area contributed by atoms with Crippen LogP contribution >= 0.6 is 0 Å². The molecule has 0 N–H and O–H groups in total. The zero-order chi connectivity index (χ0) is 18.5. The summed E-state index contributed by atoms with van der Waals surface area (Å²) in [7, 11) is 1.64. The zero-order valence-corrected chi connectivity index (χ0v) is 16.3. The highest BCUT2D eigenvalue weighted by Gasteiger charge is 2.47. The van der Waals surface area contributed by atoms with Crippen LogP contribution in [0.15, 0.2) is 30.3 Å². The number of carbonyl (C=O) groups is 1. The summed E-state index contributed by atoms with van der Waals surface area (Å²) >= 11 is 0. The standard InChI is InChI=1S/C21H32N2O3/c1-16(2)23-15-19(26-18-7-5-4-6-8-18)21(23)17-9-12-22(13-10-17)20(24)11-14-25-3/h4-8,16-17,19,21H,9-15H2,1-3H3/t19-,21-/m0/s1. The van der Waals surface area contributed by atoms with Gasteiger partial charge in [-0.25, -0.2) is 0 Å². The van der Waals surface area contributed by atoms with Gasteiger partial charge in [0.2, 0.25) is 5.91 Å². The molecule has 2 aliphatic rings. The number of amides is 1. The third-order valence-electron chi connectivity index (χ3n) is 5.74. The number of para-hydroxylation sites is 1. The number of nitrogens with zero attached hydrogens (tertiary/aromatic N) is 2. The average molecular weight is 360 g/mol. The third-order valence-corrected chi connectivity index (χ3v) is 5.74. The SMILES string of the molecule is COCCC(=O)N1CCC([C@H]2[C@@H](Oc3ccccc3)CN2C(C)C)CC1. The van der Waals surface area contributed by atoms with Gasteiger partial charge in [-0.3, -0.25) is 9.69 Å². The summed E-state index contributed by atoms with van der Waals surface area (Å²) < 4.78 is 11.3. The molecule has 2 atom stereocenters. The fourth-order valence-corrected chi connectivity index (χ4v) is 4.26. The molecule has 2 heterocycles. The molecule has 1 amide bonds. The lowest BCUT2D eigenvalue weighted by molar-refractivity contribution is -0.136. The van der Waals surface area contributed by atoms with Crippen molar-refractivity contribution in [2.24, 2.45) is 5.92 Å². The van der Waals surface area contributed by atoms with Crippen molar-refractivity contribution in [1.29, 1.82) is 0 Å². The van der Waals surface area contributed by atoms with Crippen LogP contribution in [0, 0.1) is 5.92 Å². The Morgan fingerprint density at radius 1 is 1.19 bits per heavy atom. The molecule has 2 fully saturated rings. The maximum Gasteiger partial charge on any atom is 0.224 e. The first kappa shape index (κ1) is 19.2. The largest absolute Gasteiger partial charge is 0.487 e. The molecule has 144 valence electrons. The molecule has 0 radical (unpaired) electrons.